The Kier molecular flexibility index (Phi) is 2.68. The zero-order valence-electron chi connectivity index (χ0n) is 8.79. The van der Waals surface area contributed by atoms with Crippen molar-refractivity contribution in [3.05, 3.63) is 47.8 Å². The highest BCUT2D eigenvalue weighted by molar-refractivity contribution is 5.85. The second kappa shape index (κ2) is 4.14. The summed E-state index contributed by atoms with van der Waals surface area (Å²) in [7, 11) is 0. The van der Waals surface area contributed by atoms with Gasteiger partial charge in [0.1, 0.15) is 11.5 Å². The summed E-state index contributed by atoms with van der Waals surface area (Å²) in [6.07, 6.45) is 3.54. The van der Waals surface area contributed by atoms with E-state index in [0.29, 0.717) is 12.2 Å². The molecular weight excluding hydrogens is 206 g/mol. The number of pyridine rings is 1. The van der Waals surface area contributed by atoms with Gasteiger partial charge < -0.3 is 9.67 Å². The van der Waals surface area contributed by atoms with Gasteiger partial charge in [0.25, 0.3) is 0 Å². The molecule has 0 bridgehead atoms. The molecule has 5 heteroatoms. The lowest BCUT2D eigenvalue weighted by Gasteiger charge is -2.04. The van der Waals surface area contributed by atoms with Gasteiger partial charge in [-0.25, -0.2) is 14.8 Å². The third-order valence-corrected chi connectivity index (χ3v) is 2.28. The van der Waals surface area contributed by atoms with Crippen molar-refractivity contribution in [2.24, 2.45) is 0 Å². The number of carbonyl (C=O) groups is 1. The number of hydrogen-bond donors (Lipinski definition) is 1. The van der Waals surface area contributed by atoms with Gasteiger partial charge in [-0.2, -0.15) is 0 Å². The van der Waals surface area contributed by atoms with Crippen molar-refractivity contribution in [1.82, 2.24) is 14.5 Å². The van der Waals surface area contributed by atoms with E-state index in [1.807, 2.05) is 17.7 Å². The molecule has 0 aromatic carbocycles. The zero-order chi connectivity index (χ0) is 11.5. The minimum atomic E-state index is -1.01. The molecule has 0 unspecified atom stereocenters. The van der Waals surface area contributed by atoms with Crippen LogP contribution in [0.15, 0.2) is 30.6 Å². The van der Waals surface area contributed by atoms with Crippen LogP contribution in [-0.4, -0.2) is 25.6 Å². The van der Waals surface area contributed by atoms with Gasteiger partial charge in [-0.3, -0.25) is 0 Å². The Morgan fingerprint density at radius 3 is 2.94 bits per heavy atom. The summed E-state index contributed by atoms with van der Waals surface area (Å²) >= 11 is 0. The number of aryl methyl sites for hydroxylation is 1. The molecule has 16 heavy (non-hydrogen) atoms. The van der Waals surface area contributed by atoms with Gasteiger partial charge in [-0.1, -0.05) is 6.07 Å². The molecule has 2 aromatic heterocycles. The van der Waals surface area contributed by atoms with E-state index in [9.17, 15) is 4.79 Å². The van der Waals surface area contributed by atoms with Gasteiger partial charge in [0.15, 0.2) is 0 Å². The fourth-order valence-electron chi connectivity index (χ4n) is 1.43. The largest absolute Gasteiger partial charge is 0.477 e. The van der Waals surface area contributed by atoms with Gasteiger partial charge in [0, 0.05) is 12.4 Å². The SMILES string of the molecule is Cc1nccn1Cc1cccc(C(=O)O)n1. The van der Waals surface area contributed by atoms with Crippen molar-refractivity contribution in [3.8, 4) is 0 Å². The predicted octanol–water partition coefficient (Wildman–Crippen LogP) is 1.33. The summed E-state index contributed by atoms with van der Waals surface area (Å²) < 4.78 is 1.91. The molecule has 0 fully saturated rings. The Morgan fingerprint density at radius 1 is 1.50 bits per heavy atom. The maximum atomic E-state index is 10.7. The maximum absolute atomic E-state index is 10.7. The molecule has 0 aliphatic rings. The first kappa shape index (κ1) is 10.4. The molecule has 0 saturated carbocycles. The molecule has 0 spiro atoms. The lowest BCUT2D eigenvalue weighted by Crippen LogP contribution is -2.06. The number of imidazole rings is 1. The second-order valence-electron chi connectivity index (χ2n) is 3.42. The van der Waals surface area contributed by atoms with E-state index < -0.39 is 5.97 Å². The minimum absolute atomic E-state index is 0.0651. The van der Waals surface area contributed by atoms with E-state index in [1.165, 1.54) is 6.07 Å². The van der Waals surface area contributed by atoms with E-state index >= 15 is 0 Å². The molecule has 5 nitrogen and oxygen atoms in total. The number of carboxylic acid groups (broad SMARTS) is 1. The third kappa shape index (κ3) is 2.08. The van der Waals surface area contributed by atoms with Crippen LogP contribution >= 0.6 is 0 Å². The average Bonchev–Trinajstić information content (AvgIpc) is 2.65. The summed E-state index contributed by atoms with van der Waals surface area (Å²) in [5.74, 6) is -0.133. The molecule has 0 radical (unpaired) electrons. The van der Waals surface area contributed by atoms with Crippen LogP contribution in [0.4, 0.5) is 0 Å². The third-order valence-electron chi connectivity index (χ3n) is 2.28. The fourth-order valence-corrected chi connectivity index (χ4v) is 1.43. The van der Waals surface area contributed by atoms with Crippen LogP contribution in [0, 0.1) is 6.92 Å². The second-order valence-corrected chi connectivity index (χ2v) is 3.42. The molecule has 82 valence electrons. The van der Waals surface area contributed by atoms with Crippen LogP contribution in [0.2, 0.25) is 0 Å². The predicted molar refractivity (Wildman–Crippen MR) is 57.3 cm³/mol. The van der Waals surface area contributed by atoms with Crippen molar-refractivity contribution in [2.75, 3.05) is 0 Å². The summed E-state index contributed by atoms with van der Waals surface area (Å²) in [5, 5.41) is 8.81. The normalized spacial score (nSPS) is 10.3. The van der Waals surface area contributed by atoms with E-state index in [4.69, 9.17) is 5.11 Å². The lowest BCUT2D eigenvalue weighted by atomic mass is 10.3. The van der Waals surface area contributed by atoms with Crippen molar-refractivity contribution >= 4 is 5.97 Å². The van der Waals surface area contributed by atoms with Crippen molar-refractivity contribution in [2.45, 2.75) is 13.5 Å². The van der Waals surface area contributed by atoms with Crippen LogP contribution in [0.5, 0.6) is 0 Å². The topological polar surface area (TPSA) is 68.0 Å². The maximum Gasteiger partial charge on any atom is 0.354 e. The number of aromatic carboxylic acids is 1. The van der Waals surface area contributed by atoms with Crippen LogP contribution < -0.4 is 0 Å². The van der Waals surface area contributed by atoms with Crippen LogP contribution in [0.1, 0.15) is 22.0 Å². The van der Waals surface area contributed by atoms with Gasteiger partial charge in [-0.15, -0.1) is 0 Å². The summed E-state index contributed by atoms with van der Waals surface area (Å²) in [6, 6.07) is 4.97. The number of nitrogens with zero attached hydrogens (tertiary/aromatic N) is 3. The molecule has 2 aromatic rings. The molecule has 0 atom stereocenters. The minimum Gasteiger partial charge on any atom is -0.477 e. The first-order valence-electron chi connectivity index (χ1n) is 4.84. The summed E-state index contributed by atoms with van der Waals surface area (Å²) in [4.78, 5) is 18.9. The first-order chi connectivity index (χ1) is 7.66. The smallest absolute Gasteiger partial charge is 0.354 e. The summed E-state index contributed by atoms with van der Waals surface area (Å²) in [5.41, 5.74) is 0.774. The van der Waals surface area contributed by atoms with Crippen molar-refractivity contribution in [3.63, 3.8) is 0 Å². The molecule has 2 rings (SSSR count). The highest BCUT2D eigenvalue weighted by Crippen LogP contribution is 2.04. The zero-order valence-corrected chi connectivity index (χ0v) is 8.79. The van der Waals surface area contributed by atoms with Gasteiger partial charge in [0.05, 0.1) is 12.2 Å². The quantitative estimate of drug-likeness (QED) is 0.842. The first-order valence-corrected chi connectivity index (χ1v) is 4.84. The monoisotopic (exact) mass is 217 g/mol. The molecule has 0 aliphatic carbocycles. The van der Waals surface area contributed by atoms with Crippen molar-refractivity contribution in [1.29, 1.82) is 0 Å². The van der Waals surface area contributed by atoms with E-state index in [1.54, 1.807) is 18.3 Å². The fraction of sp³-hybridized carbons (Fsp3) is 0.182. The van der Waals surface area contributed by atoms with Gasteiger partial charge >= 0.3 is 5.97 Å². The Labute approximate surface area is 92.4 Å². The van der Waals surface area contributed by atoms with Crippen LogP contribution in [0.3, 0.4) is 0 Å². The Morgan fingerprint density at radius 2 is 2.31 bits per heavy atom. The molecule has 2 heterocycles. The van der Waals surface area contributed by atoms with Gasteiger partial charge in [0.2, 0.25) is 0 Å². The Bertz CT molecular complexity index is 519. The Balaban J connectivity index is 2.25. The number of rotatable bonds is 3. The molecular formula is C11H11N3O2. The highest BCUT2D eigenvalue weighted by atomic mass is 16.4. The molecule has 0 saturated heterocycles. The molecule has 0 amide bonds. The number of hydrogen-bond acceptors (Lipinski definition) is 3. The Hall–Kier alpha value is -2.17. The number of carboxylic acids is 1. The van der Waals surface area contributed by atoms with E-state index in [0.717, 1.165) is 5.82 Å². The molecule has 1 N–H and O–H groups in total. The van der Waals surface area contributed by atoms with Crippen molar-refractivity contribution < 1.29 is 9.90 Å². The standard InChI is InChI=1S/C11H11N3O2/c1-8-12-5-6-14(8)7-9-3-2-4-10(13-9)11(15)16/h2-6H,7H2,1H3,(H,15,16). The highest BCUT2D eigenvalue weighted by Gasteiger charge is 2.06. The van der Waals surface area contributed by atoms with E-state index in [2.05, 4.69) is 9.97 Å². The number of aromatic nitrogens is 3. The average molecular weight is 217 g/mol. The van der Waals surface area contributed by atoms with Gasteiger partial charge in [-0.05, 0) is 19.1 Å². The van der Waals surface area contributed by atoms with E-state index in [-0.39, 0.29) is 5.69 Å². The lowest BCUT2D eigenvalue weighted by molar-refractivity contribution is 0.0690. The van der Waals surface area contributed by atoms with Crippen LogP contribution in [-0.2, 0) is 6.54 Å². The summed E-state index contributed by atoms with van der Waals surface area (Å²) in [6.45, 7) is 2.42. The van der Waals surface area contributed by atoms with Crippen LogP contribution in [0.25, 0.3) is 0 Å². The molecule has 0 aliphatic heterocycles.